The summed E-state index contributed by atoms with van der Waals surface area (Å²) >= 11 is 0. The topological polar surface area (TPSA) is 12.9 Å². The number of aromatic nitrogens is 1. The summed E-state index contributed by atoms with van der Waals surface area (Å²) in [6, 6.07) is 9.32. The Morgan fingerprint density at radius 2 is 1.71 bits per heavy atom. The van der Waals surface area contributed by atoms with Crippen LogP contribution in [0, 0.1) is 17.8 Å². The van der Waals surface area contributed by atoms with E-state index in [9.17, 15) is 4.39 Å². The lowest BCUT2D eigenvalue weighted by molar-refractivity contribution is -0.0474. The van der Waals surface area contributed by atoms with Crippen LogP contribution in [0.1, 0.15) is 113 Å². The van der Waals surface area contributed by atoms with Crippen LogP contribution < -0.4 is 0 Å². The Hall–Kier alpha value is -1.84. The summed E-state index contributed by atoms with van der Waals surface area (Å²) < 4.78 is 46.0. The second-order valence-corrected chi connectivity index (χ2v) is 10.6. The minimum Gasteiger partial charge on any atom is -0.224 e. The molecule has 3 atom stereocenters. The molecule has 3 rings (SSSR count). The number of nitrogens with zero attached hydrogens (tertiary/aromatic N) is 1. The summed E-state index contributed by atoms with van der Waals surface area (Å²) in [5.41, 5.74) is 2.33. The first-order valence-corrected chi connectivity index (χ1v) is 13.4. The van der Waals surface area contributed by atoms with Crippen LogP contribution in [0.15, 0.2) is 30.3 Å². The van der Waals surface area contributed by atoms with E-state index in [-0.39, 0.29) is 0 Å². The average Bonchev–Trinajstić information content (AvgIpc) is 2.80. The molecular weight excluding hydrogens is 431 g/mol. The maximum absolute atomic E-state index is 15.5. The first kappa shape index (κ1) is 26.8. The third kappa shape index (κ3) is 6.64. The number of unbranched alkanes of at least 4 members (excludes halogenated alkanes) is 2. The quantitative estimate of drug-likeness (QED) is 0.221. The van der Waals surface area contributed by atoms with E-state index in [1.165, 1.54) is 24.8 Å². The predicted octanol–water partition coefficient (Wildman–Crippen LogP) is 9.17. The van der Waals surface area contributed by atoms with Gasteiger partial charge in [0.25, 0.3) is 5.92 Å². The lowest BCUT2D eigenvalue weighted by Gasteiger charge is -2.34. The average molecular weight is 474 g/mol. The van der Waals surface area contributed by atoms with Gasteiger partial charge in [0, 0.05) is 5.69 Å². The first-order valence-electron chi connectivity index (χ1n) is 13.4. The van der Waals surface area contributed by atoms with Gasteiger partial charge in [-0.25, -0.2) is 13.8 Å². The molecule has 0 N–H and O–H groups in total. The maximum atomic E-state index is 15.5. The zero-order chi connectivity index (χ0) is 24.7. The van der Waals surface area contributed by atoms with Gasteiger partial charge < -0.3 is 0 Å². The molecule has 1 nitrogen and oxygen atoms in total. The zero-order valence-corrected chi connectivity index (χ0v) is 21.5. The molecule has 0 fully saturated rings. The molecule has 3 unspecified atom stereocenters. The van der Waals surface area contributed by atoms with Crippen LogP contribution in [0.5, 0.6) is 0 Å². The number of aryl methyl sites for hydroxylation is 2. The summed E-state index contributed by atoms with van der Waals surface area (Å²) in [7, 11) is 0. The number of hydrogen-bond donors (Lipinski definition) is 0. The van der Waals surface area contributed by atoms with Gasteiger partial charge in [0.05, 0.1) is 11.5 Å². The number of pyridine rings is 1. The molecule has 0 saturated heterocycles. The Morgan fingerprint density at radius 3 is 2.38 bits per heavy atom. The van der Waals surface area contributed by atoms with Crippen LogP contribution in [-0.4, -0.2) is 4.98 Å². The number of fused-ring (bicyclic) bond motifs is 1. The van der Waals surface area contributed by atoms with Gasteiger partial charge in [0.15, 0.2) is 0 Å². The van der Waals surface area contributed by atoms with Crippen LogP contribution in [0.2, 0.25) is 0 Å². The minimum absolute atomic E-state index is 0.322. The third-order valence-corrected chi connectivity index (χ3v) is 7.68. The molecule has 0 spiro atoms. The minimum atomic E-state index is -3.26. The fourth-order valence-corrected chi connectivity index (χ4v) is 5.26. The van der Waals surface area contributed by atoms with Crippen LogP contribution in [0.3, 0.4) is 0 Å². The molecule has 1 heterocycles. The van der Waals surface area contributed by atoms with E-state index in [1.807, 2.05) is 24.3 Å². The Kier molecular flexibility index (Phi) is 9.62. The van der Waals surface area contributed by atoms with Crippen molar-refractivity contribution < 1.29 is 13.2 Å². The van der Waals surface area contributed by atoms with Gasteiger partial charge in [-0.15, -0.1) is 0 Å². The highest BCUT2D eigenvalue weighted by molar-refractivity contribution is 5.39. The monoisotopic (exact) mass is 473 g/mol. The van der Waals surface area contributed by atoms with E-state index >= 15 is 8.78 Å². The Labute approximate surface area is 204 Å². The van der Waals surface area contributed by atoms with Crippen molar-refractivity contribution in [2.45, 2.75) is 110 Å². The highest BCUT2D eigenvalue weighted by Gasteiger charge is 2.49. The van der Waals surface area contributed by atoms with E-state index in [2.05, 4.69) is 32.7 Å². The molecule has 1 aliphatic carbocycles. The number of halogens is 3. The molecule has 0 bridgehead atoms. The summed E-state index contributed by atoms with van der Waals surface area (Å²) in [6.07, 6.45) is 10.4. The fraction of sp³-hybridized carbons (Fsp3) is 0.633. The molecule has 0 amide bonds. The lowest BCUT2D eigenvalue weighted by atomic mass is 9.77. The SMILES string of the molecule is CCCCC(C)Cc1cc2c(c(F)n1)C(F)(F)C(c1ccc(CCCCC(C)CC)cc1)CC2. The molecule has 188 valence electrons. The summed E-state index contributed by atoms with van der Waals surface area (Å²) in [6.45, 7) is 8.77. The third-order valence-electron chi connectivity index (χ3n) is 7.68. The Bertz CT molecular complexity index is 906. The van der Waals surface area contributed by atoms with Gasteiger partial charge in [-0.1, -0.05) is 90.5 Å². The second-order valence-electron chi connectivity index (χ2n) is 10.6. The number of benzene rings is 1. The molecule has 0 aliphatic heterocycles. The Balaban J connectivity index is 1.69. The predicted molar refractivity (Wildman–Crippen MR) is 135 cm³/mol. The van der Waals surface area contributed by atoms with Crippen LogP contribution in [0.4, 0.5) is 13.2 Å². The van der Waals surface area contributed by atoms with Crippen molar-refractivity contribution in [1.29, 1.82) is 0 Å². The fourth-order valence-electron chi connectivity index (χ4n) is 5.26. The van der Waals surface area contributed by atoms with Crippen molar-refractivity contribution in [3.8, 4) is 0 Å². The molecule has 34 heavy (non-hydrogen) atoms. The standard InChI is InChI=1S/C30H42F3N/c1-5-7-10-22(4)19-26-20-25-17-18-27(30(32,33)28(25)29(31)34-26)24-15-13-23(14-16-24)12-9-8-11-21(3)6-2/h13-16,20-22,27H,5-12,17-19H2,1-4H3. The summed E-state index contributed by atoms with van der Waals surface area (Å²) in [4.78, 5) is 3.99. The largest absolute Gasteiger partial charge is 0.284 e. The van der Waals surface area contributed by atoms with Crippen molar-refractivity contribution in [2.24, 2.45) is 11.8 Å². The number of rotatable bonds is 12. The molecule has 0 saturated carbocycles. The first-order chi connectivity index (χ1) is 16.3. The van der Waals surface area contributed by atoms with E-state index in [4.69, 9.17) is 0 Å². The van der Waals surface area contributed by atoms with Gasteiger partial charge in [-0.05, 0) is 66.7 Å². The van der Waals surface area contributed by atoms with Crippen molar-refractivity contribution >= 4 is 0 Å². The number of alkyl halides is 2. The molecule has 4 heteroatoms. The van der Waals surface area contributed by atoms with Crippen molar-refractivity contribution in [1.82, 2.24) is 4.98 Å². The molecule has 2 aromatic rings. The molecule has 1 aliphatic rings. The Morgan fingerprint density at radius 1 is 1.00 bits per heavy atom. The van der Waals surface area contributed by atoms with Gasteiger partial charge in [0.1, 0.15) is 0 Å². The van der Waals surface area contributed by atoms with Crippen molar-refractivity contribution in [3.05, 3.63) is 64.2 Å². The highest BCUT2D eigenvalue weighted by atomic mass is 19.3. The van der Waals surface area contributed by atoms with E-state index in [0.29, 0.717) is 42.0 Å². The van der Waals surface area contributed by atoms with E-state index in [1.54, 1.807) is 6.07 Å². The second kappa shape index (κ2) is 12.2. The maximum Gasteiger partial charge on any atom is 0.284 e. The highest BCUT2D eigenvalue weighted by Crippen LogP contribution is 2.50. The number of hydrogen-bond acceptors (Lipinski definition) is 1. The molecule has 0 radical (unpaired) electrons. The van der Waals surface area contributed by atoms with E-state index < -0.39 is 23.4 Å². The lowest BCUT2D eigenvalue weighted by Crippen LogP contribution is -2.32. The summed E-state index contributed by atoms with van der Waals surface area (Å²) in [5, 5.41) is 0. The van der Waals surface area contributed by atoms with Gasteiger partial charge >= 0.3 is 0 Å². The van der Waals surface area contributed by atoms with Crippen LogP contribution >= 0.6 is 0 Å². The molecule has 1 aromatic heterocycles. The van der Waals surface area contributed by atoms with E-state index in [0.717, 1.165) is 38.0 Å². The van der Waals surface area contributed by atoms with Crippen LogP contribution in [-0.2, 0) is 25.2 Å². The van der Waals surface area contributed by atoms with Crippen molar-refractivity contribution in [3.63, 3.8) is 0 Å². The summed E-state index contributed by atoms with van der Waals surface area (Å²) in [5.74, 6) is -4.12. The van der Waals surface area contributed by atoms with Crippen molar-refractivity contribution in [2.75, 3.05) is 0 Å². The zero-order valence-electron chi connectivity index (χ0n) is 21.5. The normalized spacial score (nSPS) is 19.0. The molecular formula is C30H42F3N. The molecule has 1 aromatic carbocycles. The van der Waals surface area contributed by atoms with Gasteiger partial charge in [0.2, 0.25) is 5.95 Å². The van der Waals surface area contributed by atoms with Gasteiger partial charge in [-0.2, -0.15) is 4.39 Å². The van der Waals surface area contributed by atoms with Gasteiger partial charge in [-0.3, -0.25) is 0 Å². The van der Waals surface area contributed by atoms with Crippen LogP contribution in [0.25, 0.3) is 0 Å². The smallest absolute Gasteiger partial charge is 0.224 e.